The summed E-state index contributed by atoms with van der Waals surface area (Å²) in [5.41, 5.74) is 0. The van der Waals surface area contributed by atoms with E-state index in [2.05, 4.69) is 0 Å². The zero-order valence-electron chi connectivity index (χ0n) is 12.0. The van der Waals surface area contributed by atoms with Crippen molar-refractivity contribution in [2.75, 3.05) is 32.1 Å². The van der Waals surface area contributed by atoms with Crippen LogP contribution in [0.4, 0.5) is 0 Å². The summed E-state index contributed by atoms with van der Waals surface area (Å²) in [6.07, 6.45) is 6.78. The minimum Gasteiger partial charge on any atom is -0.195 e. The van der Waals surface area contributed by atoms with Gasteiger partial charge >= 0.3 is 0 Å². The lowest BCUT2D eigenvalue weighted by Crippen LogP contribution is -2.49. The van der Waals surface area contributed by atoms with Crippen LogP contribution in [0.5, 0.6) is 0 Å². The zero-order chi connectivity index (χ0) is 14.2. The highest BCUT2D eigenvalue weighted by molar-refractivity contribution is 7.86. The number of rotatable bonds is 7. The lowest BCUT2D eigenvalue weighted by molar-refractivity contribution is 0.255. The molecule has 0 aromatic heterocycles. The molecule has 3 fully saturated rings. The van der Waals surface area contributed by atoms with Gasteiger partial charge in [-0.15, -0.1) is 11.6 Å². The summed E-state index contributed by atoms with van der Waals surface area (Å²) in [6, 6.07) is 0. The Labute approximate surface area is 127 Å². The van der Waals surface area contributed by atoms with Crippen LogP contribution in [0.1, 0.15) is 38.5 Å². The molecule has 116 valence electrons. The molecule has 1 unspecified atom stereocenters. The topological polar surface area (TPSA) is 40.6 Å². The molecular formula is C14H25ClN2O2S. The van der Waals surface area contributed by atoms with Crippen molar-refractivity contribution in [2.45, 2.75) is 38.5 Å². The molecule has 0 bridgehead atoms. The number of halogens is 1. The Morgan fingerprint density at radius 3 is 2.10 bits per heavy atom. The lowest BCUT2D eigenvalue weighted by atomic mass is 10.0. The van der Waals surface area contributed by atoms with Gasteiger partial charge in [-0.25, -0.2) is 0 Å². The summed E-state index contributed by atoms with van der Waals surface area (Å²) in [4.78, 5) is 0. The van der Waals surface area contributed by atoms with Crippen LogP contribution in [-0.4, -0.2) is 49.1 Å². The summed E-state index contributed by atoms with van der Waals surface area (Å²) in [6.45, 7) is 2.75. The van der Waals surface area contributed by atoms with Crippen LogP contribution in [-0.2, 0) is 10.2 Å². The minimum atomic E-state index is -3.27. The standard InChI is InChI=1S/C14H25ClN2O2S/c15-8-14-2-1-7-16(11-14)20(18,19)17(9-12-3-4-12)10-13-5-6-13/h12-14H,1-11H2. The van der Waals surface area contributed by atoms with E-state index in [-0.39, 0.29) is 0 Å². The molecule has 6 heteroatoms. The molecule has 0 amide bonds. The summed E-state index contributed by atoms with van der Waals surface area (Å²) >= 11 is 5.93. The fourth-order valence-electron chi connectivity index (χ4n) is 2.97. The molecule has 1 heterocycles. The number of hydrogen-bond donors (Lipinski definition) is 0. The molecular weight excluding hydrogens is 296 g/mol. The molecule has 20 heavy (non-hydrogen) atoms. The molecule has 0 radical (unpaired) electrons. The average molecular weight is 321 g/mol. The SMILES string of the molecule is O=S(=O)(N1CCCC(CCl)C1)N(CC1CC1)CC1CC1. The van der Waals surface area contributed by atoms with Gasteiger partial charge in [0.25, 0.3) is 10.2 Å². The quantitative estimate of drug-likeness (QED) is 0.675. The van der Waals surface area contributed by atoms with E-state index in [1.54, 1.807) is 8.61 Å². The Balaban J connectivity index is 1.68. The Morgan fingerprint density at radius 2 is 1.60 bits per heavy atom. The van der Waals surface area contributed by atoms with Gasteiger partial charge in [0.1, 0.15) is 0 Å². The molecule has 0 spiro atoms. The third-order valence-electron chi connectivity index (χ3n) is 4.67. The van der Waals surface area contributed by atoms with E-state index in [1.165, 1.54) is 25.7 Å². The van der Waals surface area contributed by atoms with E-state index < -0.39 is 10.2 Å². The molecule has 2 saturated carbocycles. The van der Waals surface area contributed by atoms with Crippen molar-refractivity contribution < 1.29 is 8.42 Å². The van der Waals surface area contributed by atoms with E-state index in [0.29, 0.717) is 36.7 Å². The number of hydrogen-bond acceptors (Lipinski definition) is 2. The summed E-state index contributed by atoms with van der Waals surface area (Å²) in [7, 11) is -3.27. The molecule has 2 aliphatic carbocycles. The summed E-state index contributed by atoms with van der Waals surface area (Å²) < 4.78 is 29.2. The van der Waals surface area contributed by atoms with Crippen molar-refractivity contribution in [1.82, 2.24) is 8.61 Å². The molecule has 4 nitrogen and oxygen atoms in total. The third-order valence-corrected chi connectivity index (χ3v) is 7.04. The van der Waals surface area contributed by atoms with E-state index in [1.807, 2.05) is 0 Å². The zero-order valence-corrected chi connectivity index (χ0v) is 13.6. The molecule has 1 saturated heterocycles. The fourth-order valence-corrected chi connectivity index (χ4v) is 5.10. The van der Waals surface area contributed by atoms with Crippen molar-refractivity contribution in [1.29, 1.82) is 0 Å². The molecule has 0 N–H and O–H groups in total. The smallest absolute Gasteiger partial charge is 0.195 e. The van der Waals surface area contributed by atoms with Gasteiger partial charge in [-0.1, -0.05) is 0 Å². The highest BCUT2D eigenvalue weighted by Crippen LogP contribution is 2.35. The maximum atomic E-state index is 12.9. The van der Waals surface area contributed by atoms with Gasteiger partial charge in [0.15, 0.2) is 0 Å². The lowest BCUT2D eigenvalue weighted by Gasteiger charge is -2.35. The number of alkyl halides is 1. The largest absolute Gasteiger partial charge is 0.282 e. The Bertz CT molecular complexity index is 420. The first kappa shape index (κ1) is 15.1. The van der Waals surface area contributed by atoms with Crippen LogP contribution in [0.15, 0.2) is 0 Å². The minimum absolute atomic E-state index is 0.323. The van der Waals surface area contributed by atoms with Crippen molar-refractivity contribution in [3.63, 3.8) is 0 Å². The summed E-state index contributed by atoms with van der Waals surface area (Å²) in [5, 5.41) is 0. The van der Waals surface area contributed by atoms with E-state index in [9.17, 15) is 8.42 Å². The van der Waals surface area contributed by atoms with Gasteiger partial charge in [0, 0.05) is 32.1 Å². The van der Waals surface area contributed by atoms with Crippen LogP contribution in [0, 0.1) is 17.8 Å². The molecule has 0 aromatic rings. The first-order valence-corrected chi connectivity index (χ1v) is 9.84. The van der Waals surface area contributed by atoms with E-state index in [0.717, 1.165) is 25.9 Å². The van der Waals surface area contributed by atoms with Gasteiger partial charge in [-0.05, 0) is 56.3 Å². The Morgan fingerprint density at radius 1 is 1.00 bits per heavy atom. The predicted molar refractivity (Wildman–Crippen MR) is 81.0 cm³/mol. The highest BCUT2D eigenvalue weighted by atomic mass is 35.5. The number of nitrogens with zero attached hydrogens (tertiary/aromatic N) is 2. The maximum Gasteiger partial charge on any atom is 0.282 e. The highest BCUT2D eigenvalue weighted by Gasteiger charge is 2.39. The van der Waals surface area contributed by atoms with E-state index >= 15 is 0 Å². The van der Waals surface area contributed by atoms with Crippen LogP contribution in [0.2, 0.25) is 0 Å². The second kappa shape index (κ2) is 6.11. The van der Waals surface area contributed by atoms with Crippen LogP contribution < -0.4 is 0 Å². The molecule has 3 rings (SSSR count). The van der Waals surface area contributed by atoms with Crippen LogP contribution >= 0.6 is 11.6 Å². The van der Waals surface area contributed by atoms with Gasteiger partial charge in [0.2, 0.25) is 0 Å². The van der Waals surface area contributed by atoms with Crippen molar-refractivity contribution in [3.05, 3.63) is 0 Å². The first-order chi connectivity index (χ1) is 9.59. The maximum absolute atomic E-state index is 12.9. The molecule has 1 aliphatic heterocycles. The van der Waals surface area contributed by atoms with Crippen molar-refractivity contribution >= 4 is 21.8 Å². The molecule has 1 atom stereocenters. The second-order valence-corrected chi connectivity index (χ2v) is 8.97. The summed E-state index contributed by atoms with van der Waals surface area (Å²) in [5.74, 6) is 2.11. The normalized spacial score (nSPS) is 29.0. The molecule has 3 aliphatic rings. The van der Waals surface area contributed by atoms with Crippen LogP contribution in [0.25, 0.3) is 0 Å². The van der Waals surface area contributed by atoms with Gasteiger partial charge < -0.3 is 0 Å². The Kier molecular flexibility index (Phi) is 4.60. The fraction of sp³-hybridized carbons (Fsp3) is 1.00. The molecule has 0 aromatic carbocycles. The van der Waals surface area contributed by atoms with Crippen molar-refractivity contribution in [3.8, 4) is 0 Å². The van der Waals surface area contributed by atoms with Gasteiger partial charge in [0.05, 0.1) is 0 Å². The van der Waals surface area contributed by atoms with Crippen molar-refractivity contribution in [2.24, 2.45) is 17.8 Å². The monoisotopic (exact) mass is 320 g/mol. The van der Waals surface area contributed by atoms with Crippen LogP contribution in [0.3, 0.4) is 0 Å². The van der Waals surface area contributed by atoms with Gasteiger partial charge in [-0.3, -0.25) is 0 Å². The predicted octanol–water partition coefficient (Wildman–Crippen LogP) is 2.30. The number of piperidine rings is 1. The first-order valence-electron chi connectivity index (χ1n) is 7.90. The average Bonchev–Trinajstić information content (AvgIpc) is 3.33. The third kappa shape index (κ3) is 3.67. The van der Waals surface area contributed by atoms with E-state index in [4.69, 9.17) is 11.6 Å². The van der Waals surface area contributed by atoms with Gasteiger partial charge in [-0.2, -0.15) is 17.0 Å². The Hall–Kier alpha value is 0.160. The second-order valence-electron chi connectivity index (χ2n) is 6.73.